The lowest BCUT2D eigenvalue weighted by Gasteiger charge is -2.13. The van der Waals surface area contributed by atoms with Crippen molar-refractivity contribution in [3.8, 4) is 22.3 Å². The monoisotopic (exact) mass is 790 g/mol. The summed E-state index contributed by atoms with van der Waals surface area (Å²) in [6.07, 6.45) is 0. The van der Waals surface area contributed by atoms with Crippen molar-refractivity contribution in [1.29, 1.82) is 0 Å². The first-order chi connectivity index (χ1) is 25.6. The van der Waals surface area contributed by atoms with E-state index in [9.17, 15) is 28.8 Å². The van der Waals surface area contributed by atoms with Crippen LogP contribution in [0.4, 0.5) is 40.3 Å². The molecule has 0 spiro atoms. The molecule has 20 heteroatoms. The Morgan fingerprint density at radius 1 is 0.537 bits per heavy atom. The Morgan fingerprint density at radius 2 is 0.870 bits per heavy atom. The van der Waals surface area contributed by atoms with E-state index >= 15 is 17.6 Å². The second-order valence-electron chi connectivity index (χ2n) is 10.8. The molecule has 280 valence electrons. The topological polar surface area (TPSA) is 216 Å². The van der Waals surface area contributed by atoms with E-state index in [4.69, 9.17) is 33.4 Å². The van der Waals surface area contributed by atoms with E-state index in [1.807, 2.05) is 0 Å². The molecule has 0 aromatic heterocycles. The number of hydrogen-bond donors (Lipinski definition) is 6. The van der Waals surface area contributed by atoms with Gasteiger partial charge in [0.2, 0.25) is 11.8 Å². The lowest BCUT2D eigenvalue weighted by atomic mass is 10.00. The number of rotatable bonds is 14. The molecular weight excluding hydrogens is 767 g/mol. The van der Waals surface area contributed by atoms with Crippen molar-refractivity contribution in [1.82, 2.24) is 10.6 Å². The minimum Gasteiger partial charge on any atom is -0.480 e. The average Bonchev–Trinajstić information content (AvgIpc) is 3.13. The summed E-state index contributed by atoms with van der Waals surface area (Å²) in [5.74, 6) is -12.3. The number of carboxylic acid groups (broad SMARTS) is 2. The first-order valence-electron chi connectivity index (χ1n) is 15.0. The maximum Gasteiger partial charge on any atom is 0.322 e. The fourth-order valence-corrected chi connectivity index (χ4v) is 4.80. The van der Waals surface area contributed by atoms with E-state index in [0.717, 1.165) is 36.4 Å². The van der Waals surface area contributed by atoms with Gasteiger partial charge in [-0.3, -0.25) is 28.8 Å². The summed E-state index contributed by atoms with van der Waals surface area (Å²) >= 11 is 11.0. The molecule has 0 aliphatic carbocycles. The third-order valence-electron chi connectivity index (χ3n) is 7.07. The average molecular weight is 791 g/mol. The molecule has 4 aromatic rings. The number of azo groups is 1. The molecule has 0 radical (unpaired) electrons. The molecule has 0 unspecified atom stereocenters. The summed E-state index contributed by atoms with van der Waals surface area (Å²) in [6.45, 7) is -1.56. The number of halogens is 6. The van der Waals surface area contributed by atoms with Gasteiger partial charge in [0.25, 0.3) is 11.8 Å². The number of carboxylic acids is 2. The molecule has 4 rings (SSSR count). The summed E-state index contributed by atoms with van der Waals surface area (Å²) in [7, 11) is 0. The number of carbonyl (C=O) groups is 6. The van der Waals surface area contributed by atoms with Crippen molar-refractivity contribution in [2.24, 2.45) is 10.2 Å². The molecular formula is C34H24Cl2F4N6O8. The van der Waals surface area contributed by atoms with Crippen LogP contribution in [0, 0.1) is 23.3 Å². The van der Waals surface area contributed by atoms with Gasteiger partial charge < -0.3 is 31.5 Å². The van der Waals surface area contributed by atoms with Gasteiger partial charge in [0.15, 0.2) is 34.6 Å². The number of nitrogens with zero attached hydrogens (tertiary/aromatic N) is 2. The van der Waals surface area contributed by atoms with Crippen LogP contribution in [-0.4, -0.2) is 70.6 Å². The van der Waals surface area contributed by atoms with Crippen LogP contribution >= 0.6 is 23.2 Å². The summed E-state index contributed by atoms with van der Waals surface area (Å²) in [6, 6.07) is 10.4. The number of amides is 4. The molecule has 0 saturated heterocycles. The van der Waals surface area contributed by atoms with Gasteiger partial charge in [-0.05, 0) is 70.8 Å². The fraction of sp³-hybridized carbons (Fsp3) is 0.118. The minimum absolute atomic E-state index is 0.0327. The van der Waals surface area contributed by atoms with Crippen LogP contribution in [0.15, 0.2) is 70.9 Å². The van der Waals surface area contributed by atoms with E-state index < -0.39 is 95.1 Å². The van der Waals surface area contributed by atoms with Crippen molar-refractivity contribution >= 4 is 81.5 Å². The lowest BCUT2D eigenvalue weighted by Crippen LogP contribution is -2.30. The van der Waals surface area contributed by atoms with Gasteiger partial charge >= 0.3 is 11.9 Å². The van der Waals surface area contributed by atoms with Crippen LogP contribution in [0.2, 0.25) is 0 Å². The van der Waals surface area contributed by atoms with Crippen LogP contribution in [0.1, 0.15) is 20.7 Å². The first kappa shape index (κ1) is 40.4. The highest BCUT2D eigenvalue weighted by Crippen LogP contribution is 2.35. The number of alkyl halides is 2. The Balaban J connectivity index is 1.65. The number of aliphatic carboxylic acids is 2. The molecule has 4 amide bonds. The summed E-state index contributed by atoms with van der Waals surface area (Å²) < 4.78 is 60.8. The normalized spacial score (nSPS) is 10.9. The van der Waals surface area contributed by atoms with E-state index in [2.05, 4.69) is 31.5 Å². The van der Waals surface area contributed by atoms with E-state index in [1.165, 1.54) is 24.3 Å². The van der Waals surface area contributed by atoms with Crippen molar-refractivity contribution in [2.45, 2.75) is 0 Å². The zero-order valence-corrected chi connectivity index (χ0v) is 28.6. The first-order valence-corrected chi connectivity index (χ1v) is 16.1. The molecule has 0 fully saturated rings. The predicted molar refractivity (Wildman–Crippen MR) is 186 cm³/mol. The Kier molecular flexibility index (Phi) is 13.4. The number of hydrogen-bond acceptors (Lipinski definition) is 8. The van der Waals surface area contributed by atoms with Gasteiger partial charge in [0.05, 0.1) is 22.5 Å². The van der Waals surface area contributed by atoms with E-state index in [-0.39, 0.29) is 44.8 Å². The van der Waals surface area contributed by atoms with Gasteiger partial charge in [0.1, 0.15) is 24.8 Å². The quantitative estimate of drug-likeness (QED) is 0.0507. The summed E-state index contributed by atoms with van der Waals surface area (Å²) in [5.41, 5.74) is -3.02. The molecule has 4 aromatic carbocycles. The number of carbonyl (C=O) groups excluding carboxylic acids is 4. The van der Waals surface area contributed by atoms with Gasteiger partial charge in [-0.25, -0.2) is 17.6 Å². The SMILES string of the molecule is O=C(O)CNC(=O)c1cc(-c2cc(F)c(N=Nc3c(F)cc(-c4ccc(NC(=O)CCl)c(C(=O)NCC(=O)O)c4)cc3F)c(F)c2)ccc1NC(=O)CCl. The maximum atomic E-state index is 15.2. The summed E-state index contributed by atoms with van der Waals surface area (Å²) in [5, 5.41) is 33.4. The van der Waals surface area contributed by atoms with Crippen LogP contribution in [0.3, 0.4) is 0 Å². The summed E-state index contributed by atoms with van der Waals surface area (Å²) in [4.78, 5) is 70.9. The van der Waals surface area contributed by atoms with Crippen LogP contribution in [0.25, 0.3) is 22.3 Å². The Morgan fingerprint density at radius 3 is 1.17 bits per heavy atom. The number of benzene rings is 4. The predicted octanol–water partition coefficient (Wildman–Crippen LogP) is 5.98. The van der Waals surface area contributed by atoms with E-state index in [1.54, 1.807) is 0 Å². The van der Waals surface area contributed by atoms with Crippen LogP contribution in [0.5, 0.6) is 0 Å². The number of nitrogens with one attached hydrogen (secondary N) is 4. The largest absolute Gasteiger partial charge is 0.480 e. The Hall–Kier alpha value is -6.40. The second-order valence-corrected chi connectivity index (χ2v) is 11.3. The smallest absolute Gasteiger partial charge is 0.322 e. The minimum atomic E-state index is -1.37. The molecule has 0 aliphatic heterocycles. The highest BCUT2D eigenvalue weighted by Gasteiger charge is 2.21. The van der Waals surface area contributed by atoms with Crippen molar-refractivity contribution in [2.75, 3.05) is 35.5 Å². The molecule has 0 heterocycles. The van der Waals surface area contributed by atoms with E-state index in [0.29, 0.717) is 0 Å². The molecule has 14 nitrogen and oxygen atoms in total. The van der Waals surface area contributed by atoms with Crippen molar-refractivity contribution < 1.29 is 56.5 Å². The maximum absolute atomic E-state index is 15.2. The standard InChI is InChI=1S/C34H24Cl2F4N6O8/c35-11-27(47)43-25-3-1-15(5-19(25)33(53)41-13-29(49)50)17-7-21(37)31(22(38)8-17)45-46-32-23(39)9-18(10-24(32)40)16-2-4-26(44-28(48)12-36)20(6-16)34(54)42-14-30(51)52/h1-10H,11-14H2,(H,41,53)(H,42,54)(H,43,47)(H,44,48)(H,49,50)(H,51,52). The van der Waals surface area contributed by atoms with Gasteiger partial charge in [-0.2, -0.15) is 0 Å². The fourth-order valence-electron chi connectivity index (χ4n) is 4.67. The van der Waals surface area contributed by atoms with Crippen LogP contribution in [-0.2, 0) is 19.2 Å². The highest BCUT2D eigenvalue weighted by molar-refractivity contribution is 6.29. The Bertz CT molecular complexity index is 2020. The highest BCUT2D eigenvalue weighted by atomic mass is 35.5. The second kappa shape index (κ2) is 17.9. The molecule has 0 saturated carbocycles. The van der Waals surface area contributed by atoms with Crippen molar-refractivity contribution in [3.05, 3.63) is 95.1 Å². The molecule has 0 atom stereocenters. The zero-order chi connectivity index (χ0) is 39.7. The van der Waals surface area contributed by atoms with Gasteiger partial charge in [-0.1, -0.05) is 12.1 Å². The lowest BCUT2D eigenvalue weighted by molar-refractivity contribution is -0.136. The van der Waals surface area contributed by atoms with Gasteiger partial charge in [0, 0.05) is 0 Å². The van der Waals surface area contributed by atoms with Crippen LogP contribution < -0.4 is 21.3 Å². The zero-order valence-electron chi connectivity index (χ0n) is 27.1. The third-order valence-corrected chi connectivity index (χ3v) is 7.56. The molecule has 0 bridgehead atoms. The number of anilines is 2. The van der Waals surface area contributed by atoms with Gasteiger partial charge in [-0.15, -0.1) is 33.4 Å². The van der Waals surface area contributed by atoms with Crippen molar-refractivity contribution in [3.63, 3.8) is 0 Å². The Labute approximate surface area is 311 Å². The molecule has 6 N–H and O–H groups in total. The molecule has 0 aliphatic rings. The molecule has 54 heavy (non-hydrogen) atoms. The third kappa shape index (κ3) is 10.1.